The molecule has 0 atom stereocenters. The molecule has 2 aromatic rings. The van der Waals surface area contributed by atoms with E-state index in [0.717, 1.165) is 29.7 Å². The van der Waals surface area contributed by atoms with Crippen LogP contribution in [0.4, 0.5) is 10.7 Å². The van der Waals surface area contributed by atoms with E-state index in [4.69, 9.17) is 14.2 Å². The van der Waals surface area contributed by atoms with Crippen LogP contribution in [0, 0.1) is 10.1 Å². The molecule has 4 rings (SSSR count). The van der Waals surface area contributed by atoms with Crippen LogP contribution in [0.2, 0.25) is 0 Å². The maximum absolute atomic E-state index is 12.2. The first kappa shape index (κ1) is 16.5. The minimum atomic E-state index is -0.501. The number of ether oxygens (including phenoxy) is 3. The highest BCUT2D eigenvalue weighted by molar-refractivity contribution is 7.16. The van der Waals surface area contributed by atoms with Gasteiger partial charge in [0.1, 0.15) is 5.00 Å². The number of rotatable bonds is 4. The second kappa shape index (κ2) is 6.41. The van der Waals surface area contributed by atoms with Crippen LogP contribution < -0.4 is 9.47 Å². The Morgan fingerprint density at radius 3 is 2.85 bits per heavy atom. The normalized spacial score (nSPS) is 14.7. The summed E-state index contributed by atoms with van der Waals surface area (Å²) >= 11 is 1.43. The van der Waals surface area contributed by atoms with Crippen molar-refractivity contribution in [2.75, 3.05) is 13.9 Å². The quantitative estimate of drug-likeness (QED) is 0.352. The number of aliphatic imine (C=N–C) groups is 1. The van der Waals surface area contributed by atoms with E-state index in [9.17, 15) is 14.9 Å². The Morgan fingerprint density at radius 2 is 2.12 bits per heavy atom. The minimum Gasteiger partial charge on any atom is -0.465 e. The second-order valence-corrected chi connectivity index (χ2v) is 6.89. The van der Waals surface area contributed by atoms with Crippen molar-refractivity contribution in [3.05, 3.63) is 43.8 Å². The summed E-state index contributed by atoms with van der Waals surface area (Å²) in [5, 5.41) is 11.9. The molecule has 0 unspecified atom stereocenters. The van der Waals surface area contributed by atoms with Crippen molar-refractivity contribution in [3.8, 4) is 11.5 Å². The van der Waals surface area contributed by atoms with Crippen molar-refractivity contribution < 1.29 is 23.9 Å². The Bertz CT molecular complexity index is 949. The average molecular weight is 374 g/mol. The van der Waals surface area contributed by atoms with Gasteiger partial charge in [-0.1, -0.05) is 0 Å². The first-order valence-corrected chi connectivity index (χ1v) is 8.75. The van der Waals surface area contributed by atoms with Gasteiger partial charge in [0, 0.05) is 11.1 Å². The van der Waals surface area contributed by atoms with Crippen molar-refractivity contribution in [2.45, 2.75) is 19.3 Å². The van der Waals surface area contributed by atoms with Crippen molar-refractivity contribution in [1.29, 1.82) is 0 Å². The van der Waals surface area contributed by atoms with Gasteiger partial charge in [-0.3, -0.25) is 10.1 Å². The topological polar surface area (TPSA) is 100 Å². The number of benzene rings is 1. The molecule has 26 heavy (non-hydrogen) atoms. The summed E-state index contributed by atoms with van der Waals surface area (Å²) in [7, 11) is 1.33. The zero-order valence-electron chi connectivity index (χ0n) is 13.8. The maximum atomic E-state index is 12.2. The molecule has 1 aromatic carbocycles. The van der Waals surface area contributed by atoms with Crippen LogP contribution >= 0.6 is 11.3 Å². The molecule has 134 valence electrons. The van der Waals surface area contributed by atoms with Crippen molar-refractivity contribution >= 4 is 34.2 Å². The fourth-order valence-corrected chi connectivity index (χ4v) is 4.35. The Balaban J connectivity index is 1.76. The van der Waals surface area contributed by atoms with Gasteiger partial charge in [-0.2, -0.15) is 0 Å². The number of nitro benzene ring substituents is 1. The molecule has 9 heteroatoms. The molecule has 1 aliphatic carbocycles. The molecule has 1 aliphatic heterocycles. The molecule has 8 nitrogen and oxygen atoms in total. The third kappa shape index (κ3) is 2.70. The van der Waals surface area contributed by atoms with Crippen LogP contribution in [0.1, 0.15) is 32.8 Å². The van der Waals surface area contributed by atoms with Gasteiger partial charge in [-0.25, -0.2) is 9.79 Å². The van der Waals surface area contributed by atoms with E-state index >= 15 is 0 Å². The number of carbonyl (C=O) groups excluding carboxylic acids is 1. The zero-order chi connectivity index (χ0) is 18.3. The van der Waals surface area contributed by atoms with Gasteiger partial charge in [-0.05, 0) is 30.9 Å². The predicted octanol–water partition coefficient (Wildman–Crippen LogP) is 3.41. The number of nitro groups is 1. The third-order valence-corrected chi connectivity index (χ3v) is 5.53. The number of fused-ring (bicyclic) bond motifs is 2. The highest BCUT2D eigenvalue weighted by Crippen LogP contribution is 2.42. The summed E-state index contributed by atoms with van der Waals surface area (Å²) in [5.41, 5.74) is 1.59. The number of carbonyl (C=O) groups is 1. The average Bonchev–Trinajstić information content (AvgIpc) is 3.33. The number of aryl methyl sites for hydroxylation is 1. The standard InChI is InChI=1S/C17H14N2O6S/c1-23-17(20)15-10-3-2-4-14(10)26-16(15)18-7-9-5-12-13(25-8-24-12)6-11(9)19(21)22/h5-7H,2-4,8H2,1H3. The van der Waals surface area contributed by atoms with Gasteiger partial charge in [0.2, 0.25) is 6.79 Å². The van der Waals surface area contributed by atoms with Crippen LogP contribution in [0.15, 0.2) is 17.1 Å². The van der Waals surface area contributed by atoms with Crippen LogP contribution in [-0.4, -0.2) is 31.0 Å². The number of thiophene rings is 1. The number of hydrogen-bond donors (Lipinski definition) is 0. The molecule has 2 aliphatic rings. The van der Waals surface area contributed by atoms with Gasteiger partial charge >= 0.3 is 5.97 Å². The Morgan fingerprint density at radius 1 is 1.35 bits per heavy atom. The van der Waals surface area contributed by atoms with Crippen molar-refractivity contribution in [2.24, 2.45) is 4.99 Å². The molecule has 0 fully saturated rings. The highest BCUT2D eigenvalue weighted by atomic mass is 32.1. The van der Waals surface area contributed by atoms with Gasteiger partial charge in [-0.15, -0.1) is 11.3 Å². The van der Waals surface area contributed by atoms with Crippen LogP contribution in [0.25, 0.3) is 0 Å². The lowest BCUT2D eigenvalue weighted by molar-refractivity contribution is -0.385. The SMILES string of the molecule is COC(=O)c1c(N=Cc2cc3c(cc2[N+](=O)[O-])OCO3)sc2c1CCC2. The molecule has 0 saturated heterocycles. The first-order valence-electron chi connectivity index (χ1n) is 7.93. The number of methoxy groups -OCH3 is 1. The molecule has 0 amide bonds. The zero-order valence-corrected chi connectivity index (χ0v) is 14.6. The fourth-order valence-electron chi connectivity index (χ4n) is 3.13. The van der Waals surface area contributed by atoms with Crippen LogP contribution in [-0.2, 0) is 17.6 Å². The molecule has 0 saturated carbocycles. The molecular formula is C17H14N2O6S. The van der Waals surface area contributed by atoms with Gasteiger partial charge in [0.05, 0.1) is 29.2 Å². The molecule has 2 heterocycles. The molecule has 0 N–H and O–H groups in total. The van der Waals surface area contributed by atoms with E-state index < -0.39 is 10.9 Å². The molecular weight excluding hydrogens is 360 g/mol. The monoisotopic (exact) mass is 374 g/mol. The van der Waals surface area contributed by atoms with Gasteiger partial charge in [0.15, 0.2) is 11.5 Å². The number of esters is 1. The lowest BCUT2D eigenvalue weighted by Gasteiger charge is -2.02. The minimum absolute atomic E-state index is 0.0250. The summed E-state index contributed by atoms with van der Waals surface area (Å²) in [6.45, 7) is 0.0250. The number of nitrogens with zero attached hydrogens (tertiary/aromatic N) is 2. The van der Waals surface area contributed by atoms with Gasteiger partial charge < -0.3 is 14.2 Å². The van der Waals surface area contributed by atoms with E-state index in [1.54, 1.807) is 0 Å². The highest BCUT2D eigenvalue weighted by Gasteiger charge is 2.27. The van der Waals surface area contributed by atoms with Gasteiger partial charge in [0.25, 0.3) is 5.69 Å². The van der Waals surface area contributed by atoms with E-state index in [1.165, 1.54) is 36.8 Å². The second-order valence-electron chi connectivity index (χ2n) is 5.81. The summed E-state index contributed by atoms with van der Waals surface area (Å²) in [6.07, 6.45) is 4.11. The third-order valence-electron chi connectivity index (χ3n) is 4.33. The van der Waals surface area contributed by atoms with Crippen molar-refractivity contribution in [1.82, 2.24) is 0 Å². The van der Waals surface area contributed by atoms with E-state index in [2.05, 4.69) is 4.99 Å². The Kier molecular flexibility index (Phi) is 4.08. The van der Waals surface area contributed by atoms with Crippen LogP contribution in [0.3, 0.4) is 0 Å². The summed E-state index contributed by atoms with van der Waals surface area (Å²) in [5.74, 6) is 0.329. The lowest BCUT2D eigenvalue weighted by Crippen LogP contribution is -2.03. The van der Waals surface area contributed by atoms with E-state index in [1.807, 2.05) is 0 Å². The fraction of sp³-hybridized carbons (Fsp3) is 0.294. The Labute approximate surface area is 152 Å². The molecule has 0 radical (unpaired) electrons. The lowest BCUT2D eigenvalue weighted by atomic mass is 10.1. The Hall–Kier alpha value is -2.94. The van der Waals surface area contributed by atoms with Crippen molar-refractivity contribution in [3.63, 3.8) is 0 Å². The largest absolute Gasteiger partial charge is 0.465 e. The molecule has 1 aromatic heterocycles. The molecule has 0 bridgehead atoms. The van der Waals surface area contributed by atoms with Crippen LogP contribution in [0.5, 0.6) is 11.5 Å². The van der Waals surface area contributed by atoms with E-state index in [-0.39, 0.29) is 18.0 Å². The van der Waals surface area contributed by atoms with E-state index in [0.29, 0.717) is 22.1 Å². The molecule has 0 spiro atoms. The first-order chi connectivity index (χ1) is 12.6. The maximum Gasteiger partial charge on any atom is 0.341 e. The predicted molar refractivity (Wildman–Crippen MR) is 94.2 cm³/mol. The summed E-state index contributed by atoms with van der Waals surface area (Å²) in [6, 6.07) is 2.84. The number of hydrogen-bond acceptors (Lipinski definition) is 8. The summed E-state index contributed by atoms with van der Waals surface area (Å²) in [4.78, 5) is 28.5. The summed E-state index contributed by atoms with van der Waals surface area (Å²) < 4.78 is 15.3. The smallest absolute Gasteiger partial charge is 0.341 e.